The van der Waals surface area contributed by atoms with Crippen LogP contribution in [-0.2, 0) is 5.54 Å². The van der Waals surface area contributed by atoms with Gasteiger partial charge in [-0.05, 0) is 42.2 Å². The highest BCUT2D eigenvalue weighted by Crippen LogP contribution is 2.43. The number of nitrogens with two attached hydrogens (primary N) is 1. The Balaban J connectivity index is 2.19. The van der Waals surface area contributed by atoms with Crippen LogP contribution in [0.4, 0.5) is 0 Å². The first-order valence-corrected chi connectivity index (χ1v) is 8.49. The van der Waals surface area contributed by atoms with Crippen LogP contribution in [0.5, 0.6) is 0 Å². The molecule has 0 spiro atoms. The third-order valence-corrected chi connectivity index (χ3v) is 5.25. The number of hydrogen-bond donors (Lipinski definition) is 1. The normalized spacial score (nSPS) is 27.1. The molecule has 0 saturated heterocycles. The van der Waals surface area contributed by atoms with Gasteiger partial charge in [0.2, 0.25) is 0 Å². The van der Waals surface area contributed by atoms with Crippen LogP contribution >= 0.6 is 0 Å². The minimum Gasteiger partial charge on any atom is -0.321 e. The molecule has 1 heteroatoms. The van der Waals surface area contributed by atoms with Crippen LogP contribution in [0.2, 0.25) is 0 Å². The van der Waals surface area contributed by atoms with Gasteiger partial charge in [-0.1, -0.05) is 70.7 Å². The summed E-state index contributed by atoms with van der Waals surface area (Å²) in [6.07, 6.45) is 8.77. The second kappa shape index (κ2) is 6.76. The van der Waals surface area contributed by atoms with Gasteiger partial charge in [0.1, 0.15) is 0 Å². The Morgan fingerprint density at radius 2 is 2.05 bits per heavy atom. The molecule has 0 bridgehead atoms. The smallest absolute Gasteiger partial charge is 0.0415 e. The van der Waals surface area contributed by atoms with Crippen molar-refractivity contribution in [3.8, 4) is 0 Å². The summed E-state index contributed by atoms with van der Waals surface area (Å²) in [5.74, 6) is 1.44. The number of unbranched alkanes of at least 4 members (excludes halogenated alkanes) is 1. The van der Waals surface area contributed by atoms with Gasteiger partial charge in [0.15, 0.2) is 0 Å². The largest absolute Gasteiger partial charge is 0.321 e. The Morgan fingerprint density at radius 1 is 1.30 bits per heavy atom. The van der Waals surface area contributed by atoms with E-state index in [4.69, 9.17) is 5.73 Å². The van der Waals surface area contributed by atoms with Crippen molar-refractivity contribution in [2.24, 2.45) is 11.7 Å². The molecule has 0 radical (unpaired) electrons. The second-order valence-electron chi connectivity index (χ2n) is 6.80. The highest BCUT2D eigenvalue weighted by Gasteiger charge is 2.36. The van der Waals surface area contributed by atoms with Crippen LogP contribution in [0.25, 0.3) is 0 Å². The zero-order chi connectivity index (χ0) is 14.6. The SMILES string of the molecule is CCCCC(CC)CC1(N)CCC(C)c2ccccc21. The van der Waals surface area contributed by atoms with Gasteiger partial charge in [0.05, 0.1) is 0 Å². The van der Waals surface area contributed by atoms with Gasteiger partial charge in [-0.3, -0.25) is 0 Å². The molecule has 1 aliphatic carbocycles. The molecular formula is C19H31N. The Kier molecular flexibility index (Phi) is 5.26. The molecular weight excluding hydrogens is 242 g/mol. The van der Waals surface area contributed by atoms with Gasteiger partial charge < -0.3 is 5.73 Å². The molecule has 2 rings (SSSR count). The maximum absolute atomic E-state index is 6.88. The van der Waals surface area contributed by atoms with Gasteiger partial charge >= 0.3 is 0 Å². The fourth-order valence-corrected chi connectivity index (χ4v) is 3.81. The first-order valence-electron chi connectivity index (χ1n) is 8.49. The van der Waals surface area contributed by atoms with Crippen LogP contribution in [0.3, 0.4) is 0 Å². The molecule has 1 aromatic rings. The Bertz CT molecular complexity index is 426. The van der Waals surface area contributed by atoms with E-state index in [0.29, 0.717) is 5.92 Å². The quantitative estimate of drug-likeness (QED) is 0.743. The molecule has 1 nitrogen and oxygen atoms in total. The predicted octanol–water partition coefficient (Wildman–Crippen LogP) is 5.34. The number of fused-ring (bicyclic) bond motifs is 1. The van der Waals surface area contributed by atoms with E-state index in [9.17, 15) is 0 Å². The fraction of sp³-hybridized carbons (Fsp3) is 0.684. The zero-order valence-electron chi connectivity index (χ0n) is 13.5. The van der Waals surface area contributed by atoms with Gasteiger partial charge in [-0.15, -0.1) is 0 Å². The highest BCUT2D eigenvalue weighted by atomic mass is 14.8. The molecule has 0 heterocycles. The summed E-state index contributed by atoms with van der Waals surface area (Å²) < 4.78 is 0. The van der Waals surface area contributed by atoms with Crippen LogP contribution in [0.15, 0.2) is 24.3 Å². The summed E-state index contributed by atoms with van der Waals surface area (Å²) in [6, 6.07) is 8.88. The lowest BCUT2D eigenvalue weighted by molar-refractivity contribution is 0.256. The summed E-state index contributed by atoms with van der Waals surface area (Å²) in [5.41, 5.74) is 9.71. The van der Waals surface area contributed by atoms with E-state index < -0.39 is 0 Å². The Morgan fingerprint density at radius 3 is 2.75 bits per heavy atom. The second-order valence-corrected chi connectivity index (χ2v) is 6.80. The van der Waals surface area contributed by atoms with Crippen molar-refractivity contribution in [3.05, 3.63) is 35.4 Å². The van der Waals surface area contributed by atoms with E-state index in [1.165, 1.54) is 43.2 Å². The van der Waals surface area contributed by atoms with Gasteiger partial charge in [-0.25, -0.2) is 0 Å². The minimum absolute atomic E-state index is 0.0858. The van der Waals surface area contributed by atoms with E-state index in [1.807, 2.05) is 0 Å². The Hall–Kier alpha value is -0.820. The van der Waals surface area contributed by atoms with Crippen LogP contribution < -0.4 is 5.73 Å². The van der Waals surface area contributed by atoms with Gasteiger partial charge in [0.25, 0.3) is 0 Å². The first kappa shape index (κ1) is 15.6. The number of benzene rings is 1. The average molecular weight is 273 g/mol. The molecule has 0 aromatic heterocycles. The van der Waals surface area contributed by atoms with E-state index in [2.05, 4.69) is 45.0 Å². The topological polar surface area (TPSA) is 26.0 Å². The van der Waals surface area contributed by atoms with Crippen LogP contribution in [0.1, 0.15) is 82.8 Å². The summed E-state index contributed by atoms with van der Waals surface area (Å²) in [6.45, 7) is 6.94. The van der Waals surface area contributed by atoms with Gasteiger partial charge in [0, 0.05) is 5.54 Å². The minimum atomic E-state index is -0.0858. The molecule has 20 heavy (non-hydrogen) atoms. The summed E-state index contributed by atoms with van der Waals surface area (Å²) >= 11 is 0. The van der Waals surface area contributed by atoms with Crippen LogP contribution in [0, 0.1) is 5.92 Å². The standard InChI is InChI=1S/C19H31N/c1-4-6-9-16(5-2)14-19(20)13-12-15(3)17-10-7-8-11-18(17)19/h7-8,10-11,15-16H,4-6,9,12-14,20H2,1-3H3. The van der Waals surface area contributed by atoms with Crippen molar-refractivity contribution >= 4 is 0 Å². The van der Waals surface area contributed by atoms with E-state index in [0.717, 1.165) is 18.8 Å². The molecule has 1 aliphatic rings. The van der Waals surface area contributed by atoms with Crippen molar-refractivity contribution in [1.29, 1.82) is 0 Å². The monoisotopic (exact) mass is 273 g/mol. The summed E-state index contributed by atoms with van der Waals surface area (Å²) in [5, 5.41) is 0. The lowest BCUT2D eigenvalue weighted by Crippen LogP contribution is -2.42. The van der Waals surface area contributed by atoms with Crippen molar-refractivity contribution < 1.29 is 0 Å². The van der Waals surface area contributed by atoms with Crippen molar-refractivity contribution in [2.45, 2.75) is 77.2 Å². The maximum Gasteiger partial charge on any atom is 0.0415 e. The van der Waals surface area contributed by atoms with Crippen molar-refractivity contribution in [1.82, 2.24) is 0 Å². The van der Waals surface area contributed by atoms with E-state index in [1.54, 1.807) is 0 Å². The molecule has 0 aliphatic heterocycles. The number of rotatable bonds is 6. The summed E-state index contributed by atoms with van der Waals surface area (Å²) in [4.78, 5) is 0. The lowest BCUT2D eigenvalue weighted by atomic mass is 9.68. The number of hydrogen-bond acceptors (Lipinski definition) is 1. The molecule has 0 saturated carbocycles. The predicted molar refractivity (Wildman–Crippen MR) is 87.9 cm³/mol. The van der Waals surface area contributed by atoms with Gasteiger partial charge in [-0.2, -0.15) is 0 Å². The van der Waals surface area contributed by atoms with Crippen LogP contribution in [-0.4, -0.2) is 0 Å². The molecule has 2 N–H and O–H groups in total. The fourth-order valence-electron chi connectivity index (χ4n) is 3.81. The Labute approximate surface area is 125 Å². The summed E-state index contributed by atoms with van der Waals surface area (Å²) in [7, 11) is 0. The third-order valence-electron chi connectivity index (χ3n) is 5.25. The first-order chi connectivity index (χ1) is 9.60. The van der Waals surface area contributed by atoms with E-state index >= 15 is 0 Å². The van der Waals surface area contributed by atoms with E-state index in [-0.39, 0.29) is 5.54 Å². The lowest BCUT2D eigenvalue weighted by Gasteiger charge is -2.40. The molecule has 0 amide bonds. The molecule has 0 fully saturated rings. The molecule has 3 unspecified atom stereocenters. The molecule has 112 valence electrons. The molecule has 1 aromatic carbocycles. The highest BCUT2D eigenvalue weighted by molar-refractivity contribution is 5.38. The van der Waals surface area contributed by atoms with Crippen molar-refractivity contribution in [2.75, 3.05) is 0 Å². The third kappa shape index (κ3) is 3.25. The maximum atomic E-state index is 6.88. The molecule has 3 atom stereocenters. The van der Waals surface area contributed by atoms with Crippen molar-refractivity contribution in [3.63, 3.8) is 0 Å². The zero-order valence-corrected chi connectivity index (χ0v) is 13.5. The average Bonchev–Trinajstić information content (AvgIpc) is 2.48.